The van der Waals surface area contributed by atoms with Crippen molar-refractivity contribution in [2.24, 2.45) is 5.92 Å². The molecule has 4 atom stereocenters. The van der Waals surface area contributed by atoms with Gasteiger partial charge in [-0.2, -0.15) is 0 Å². The minimum absolute atomic E-state index is 0.0502. The molecule has 0 aliphatic heterocycles. The summed E-state index contributed by atoms with van der Waals surface area (Å²) >= 11 is 0. The molecule has 1 aromatic carbocycles. The lowest BCUT2D eigenvalue weighted by atomic mass is 9.83. The number of benzene rings is 1. The molecular formula is C26H46O4SSi2. The van der Waals surface area contributed by atoms with Crippen LogP contribution in [-0.4, -0.2) is 44.6 Å². The van der Waals surface area contributed by atoms with E-state index in [2.05, 4.69) is 54.6 Å². The van der Waals surface area contributed by atoms with E-state index in [9.17, 15) is 9.00 Å². The summed E-state index contributed by atoms with van der Waals surface area (Å²) in [7, 11) is -5.05. The second-order valence-electron chi connectivity index (χ2n) is 11.1. The van der Waals surface area contributed by atoms with Crippen molar-refractivity contribution in [2.75, 3.05) is 6.61 Å². The summed E-state index contributed by atoms with van der Waals surface area (Å²) in [4.78, 5) is 13.9. The Hall–Kier alpha value is -0.606. The van der Waals surface area contributed by atoms with Gasteiger partial charge in [0.1, 0.15) is 11.0 Å². The van der Waals surface area contributed by atoms with Crippen molar-refractivity contribution in [1.82, 2.24) is 0 Å². The molecule has 0 saturated heterocycles. The van der Waals surface area contributed by atoms with E-state index in [0.717, 1.165) is 29.4 Å². The predicted molar refractivity (Wildman–Crippen MR) is 144 cm³/mol. The van der Waals surface area contributed by atoms with Gasteiger partial charge in [0.25, 0.3) is 0 Å². The molecule has 1 saturated carbocycles. The van der Waals surface area contributed by atoms with Gasteiger partial charge in [0.2, 0.25) is 0 Å². The third kappa shape index (κ3) is 7.20. The van der Waals surface area contributed by atoms with E-state index in [-0.39, 0.29) is 22.8 Å². The average Bonchev–Trinajstić information content (AvgIpc) is 2.78. The van der Waals surface area contributed by atoms with Crippen molar-refractivity contribution in [1.29, 1.82) is 0 Å². The molecule has 0 N–H and O–H groups in total. The molecule has 1 fully saturated rings. The van der Waals surface area contributed by atoms with Crippen LogP contribution in [0.5, 0.6) is 0 Å². The first-order valence-corrected chi connectivity index (χ1v) is 19.3. The Morgan fingerprint density at radius 2 is 1.61 bits per heavy atom. The van der Waals surface area contributed by atoms with Gasteiger partial charge in [0, 0.05) is 24.0 Å². The molecule has 1 aliphatic rings. The van der Waals surface area contributed by atoms with Crippen LogP contribution < -0.4 is 0 Å². The maximum Gasteiger partial charge on any atom is 0.192 e. The first-order chi connectivity index (χ1) is 15.4. The van der Waals surface area contributed by atoms with E-state index in [4.69, 9.17) is 8.85 Å². The van der Waals surface area contributed by atoms with Gasteiger partial charge < -0.3 is 8.85 Å². The summed E-state index contributed by atoms with van der Waals surface area (Å²) in [6.45, 7) is 18.7. The summed E-state index contributed by atoms with van der Waals surface area (Å²) in [6.07, 6.45) is 1.76. The Balaban J connectivity index is 2.22. The lowest BCUT2D eigenvalue weighted by Crippen LogP contribution is -2.50. The second-order valence-corrected chi connectivity index (χ2v) is 22.2. The number of hydrogen-bond acceptors (Lipinski definition) is 4. The van der Waals surface area contributed by atoms with Crippen LogP contribution in [0.25, 0.3) is 0 Å². The summed E-state index contributed by atoms with van der Waals surface area (Å²) in [5.41, 5.74) is 0. The zero-order valence-electron chi connectivity index (χ0n) is 22.1. The lowest BCUT2D eigenvalue weighted by Gasteiger charge is -2.44. The van der Waals surface area contributed by atoms with Crippen LogP contribution >= 0.6 is 0 Å². The Bertz CT molecular complexity index is 779. The van der Waals surface area contributed by atoms with Gasteiger partial charge in [0.15, 0.2) is 16.6 Å². The fourth-order valence-electron chi connectivity index (χ4n) is 4.45. The topological polar surface area (TPSA) is 52.6 Å². The van der Waals surface area contributed by atoms with Crippen molar-refractivity contribution < 1.29 is 17.9 Å². The maximum atomic E-state index is 13.3. The van der Waals surface area contributed by atoms with Crippen molar-refractivity contribution in [3.05, 3.63) is 30.3 Å². The fourth-order valence-corrected chi connectivity index (χ4v) is 9.97. The van der Waals surface area contributed by atoms with Crippen LogP contribution in [0.3, 0.4) is 0 Å². The van der Waals surface area contributed by atoms with Crippen molar-refractivity contribution in [2.45, 2.75) is 113 Å². The molecule has 0 amide bonds. The van der Waals surface area contributed by atoms with Crippen LogP contribution in [0.2, 0.25) is 36.3 Å². The third-order valence-corrected chi connectivity index (χ3v) is 19.0. The van der Waals surface area contributed by atoms with Gasteiger partial charge in [0.05, 0.1) is 10.8 Å². The van der Waals surface area contributed by atoms with Gasteiger partial charge in [-0.15, -0.1) is 0 Å². The van der Waals surface area contributed by atoms with E-state index < -0.39 is 32.7 Å². The molecule has 0 heterocycles. The highest BCUT2D eigenvalue weighted by Crippen LogP contribution is 2.41. The zero-order valence-corrected chi connectivity index (χ0v) is 24.9. The smallest absolute Gasteiger partial charge is 0.192 e. The van der Waals surface area contributed by atoms with Gasteiger partial charge in [-0.25, -0.2) is 0 Å². The highest BCUT2D eigenvalue weighted by Gasteiger charge is 2.45. The third-order valence-electron chi connectivity index (χ3n) is 8.11. The Labute approximate surface area is 206 Å². The van der Waals surface area contributed by atoms with Crippen molar-refractivity contribution in [3.8, 4) is 0 Å². The Kier molecular flexibility index (Phi) is 10.3. The van der Waals surface area contributed by atoms with Crippen LogP contribution in [-0.2, 0) is 24.4 Å². The minimum Gasteiger partial charge on any atom is -0.417 e. The summed E-state index contributed by atoms with van der Waals surface area (Å²) in [5.74, 6) is 0.246. The maximum absolute atomic E-state index is 13.3. The first kappa shape index (κ1) is 28.6. The normalized spacial score (nSPS) is 23.5. The molecule has 33 heavy (non-hydrogen) atoms. The molecule has 4 nitrogen and oxygen atoms in total. The number of Topliss-reactive ketones (excluding diaryl/α,β-unsaturated/α-hetero) is 1. The SMILES string of the molecule is CC[Si](CC)(CC)OCC[C@@H]1CC(=O)[C@@H](S(=O)c2ccccc2)C[C@@H]1O[Si](C)(C)C(C)(C)C. The highest BCUT2D eigenvalue weighted by molar-refractivity contribution is 7.86. The number of hydrogen-bond donors (Lipinski definition) is 0. The number of rotatable bonds is 11. The fraction of sp³-hybridized carbons (Fsp3) is 0.731. The molecule has 1 aromatic rings. The standard InChI is InChI=1S/C26H46O4SSi2/c1-9-33(10-2,11-3)29-18-17-21-19-23(27)25(31(28)22-15-13-12-14-16-22)20-24(21)30-32(7,8)26(4,5)6/h12-16,21,24-25H,9-11,17-20H2,1-8H3/t21-,24+,25+,31?/m1/s1. The molecule has 0 bridgehead atoms. The molecule has 1 unspecified atom stereocenters. The van der Waals surface area contributed by atoms with Crippen LogP contribution in [0.4, 0.5) is 0 Å². The zero-order chi connectivity index (χ0) is 24.9. The van der Waals surface area contributed by atoms with Gasteiger partial charge in [-0.05, 0) is 67.2 Å². The molecule has 1 aliphatic carbocycles. The Morgan fingerprint density at radius 3 is 2.12 bits per heavy atom. The largest absolute Gasteiger partial charge is 0.417 e. The molecule has 0 radical (unpaired) electrons. The highest BCUT2D eigenvalue weighted by atomic mass is 32.2. The van der Waals surface area contributed by atoms with Gasteiger partial charge in [-0.1, -0.05) is 59.7 Å². The monoisotopic (exact) mass is 510 g/mol. The summed E-state index contributed by atoms with van der Waals surface area (Å²) < 4.78 is 26.7. The van der Waals surface area contributed by atoms with E-state index in [1.807, 2.05) is 30.3 Å². The second kappa shape index (κ2) is 11.9. The van der Waals surface area contributed by atoms with Crippen LogP contribution in [0.1, 0.15) is 60.8 Å². The molecule has 7 heteroatoms. The number of carbonyl (C=O) groups is 1. The molecule has 2 rings (SSSR count). The number of ketones is 1. The molecule has 188 valence electrons. The van der Waals surface area contributed by atoms with Crippen LogP contribution in [0.15, 0.2) is 35.2 Å². The molecule has 0 aromatic heterocycles. The predicted octanol–water partition coefficient (Wildman–Crippen LogP) is 6.94. The van der Waals surface area contributed by atoms with E-state index in [1.54, 1.807) is 0 Å². The first-order valence-electron chi connectivity index (χ1n) is 12.7. The van der Waals surface area contributed by atoms with Crippen molar-refractivity contribution in [3.63, 3.8) is 0 Å². The quantitative estimate of drug-likeness (QED) is 0.302. The Morgan fingerprint density at radius 1 is 1.03 bits per heavy atom. The van der Waals surface area contributed by atoms with Crippen LogP contribution in [0, 0.1) is 5.92 Å². The van der Waals surface area contributed by atoms with Gasteiger partial charge in [-0.3, -0.25) is 9.00 Å². The number of carbonyl (C=O) groups excluding carboxylic acids is 1. The van der Waals surface area contributed by atoms with E-state index in [0.29, 0.717) is 19.4 Å². The van der Waals surface area contributed by atoms with Crippen molar-refractivity contribution >= 4 is 33.2 Å². The molecular weight excluding hydrogens is 465 g/mol. The average molecular weight is 511 g/mol. The van der Waals surface area contributed by atoms with E-state index >= 15 is 0 Å². The molecule has 0 spiro atoms. The van der Waals surface area contributed by atoms with E-state index in [1.165, 1.54) is 0 Å². The minimum atomic E-state index is -2.04. The summed E-state index contributed by atoms with van der Waals surface area (Å²) in [6, 6.07) is 12.8. The lowest BCUT2D eigenvalue weighted by molar-refractivity contribution is -0.123. The summed E-state index contributed by atoms with van der Waals surface area (Å²) in [5, 5.41) is -0.409. The van der Waals surface area contributed by atoms with Gasteiger partial charge >= 0.3 is 0 Å².